The van der Waals surface area contributed by atoms with Crippen molar-refractivity contribution < 1.29 is 9.47 Å². The molecule has 0 radical (unpaired) electrons. The van der Waals surface area contributed by atoms with Gasteiger partial charge < -0.3 is 24.7 Å². The van der Waals surface area contributed by atoms with Gasteiger partial charge in [-0.15, -0.1) is 10.2 Å². The molecule has 0 saturated heterocycles. The molecule has 4 rings (SSSR count). The second-order valence-corrected chi connectivity index (χ2v) is 7.89. The summed E-state index contributed by atoms with van der Waals surface area (Å²) >= 11 is 0. The van der Waals surface area contributed by atoms with Crippen molar-refractivity contribution in [3.05, 3.63) is 36.4 Å². The molecule has 1 aliphatic heterocycles. The number of guanidine groups is 1. The van der Waals surface area contributed by atoms with Crippen LogP contribution in [-0.2, 0) is 13.0 Å². The van der Waals surface area contributed by atoms with Crippen LogP contribution in [0.25, 0.3) is 0 Å². The second kappa shape index (κ2) is 10.3. The zero-order chi connectivity index (χ0) is 20.6. The minimum atomic E-state index is -0.0885. The molecule has 1 aliphatic carbocycles. The fourth-order valence-corrected chi connectivity index (χ4v) is 3.97. The van der Waals surface area contributed by atoms with E-state index >= 15 is 0 Å². The Morgan fingerprint density at radius 1 is 1.20 bits per heavy atom. The smallest absolute Gasteiger partial charge is 0.191 e. The van der Waals surface area contributed by atoms with Crippen LogP contribution in [0, 0.1) is 0 Å². The Hall–Kier alpha value is -2.77. The number of benzene rings is 1. The van der Waals surface area contributed by atoms with E-state index in [2.05, 4.69) is 32.3 Å². The Morgan fingerprint density at radius 2 is 2.03 bits per heavy atom. The average Bonchev–Trinajstić information content (AvgIpc) is 3.25. The van der Waals surface area contributed by atoms with Crippen molar-refractivity contribution in [2.24, 2.45) is 4.99 Å². The molecule has 1 aromatic heterocycles. The summed E-state index contributed by atoms with van der Waals surface area (Å²) < 4.78 is 14.0. The Kier molecular flexibility index (Phi) is 7.05. The molecule has 1 fully saturated rings. The molecule has 0 bridgehead atoms. The molecule has 2 aliphatic rings. The van der Waals surface area contributed by atoms with Crippen LogP contribution in [0.5, 0.6) is 11.5 Å². The molecule has 1 saturated carbocycles. The highest BCUT2D eigenvalue weighted by molar-refractivity contribution is 5.80. The quantitative estimate of drug-likeness (QED) is 0.537. The van der Waals surface area contributed by atoms with Gasteiger partial charge in [-0.2, -0.15) is 0 Å². The Balaban J connectivity index is 1.35. The number of ether oxygens (including phenoxy) is 2. The number of aromatic nitrogens is 3. The predicted octanol–water partition coefficient (Wildman–Crippen LogP) is 2.55. The van der Waals surface area contributed by atoms with Crippen molar-refractivity contribution in [3.63, 3.8) is 0 Å². The van der Waals surface area contributed by atoms with E-state index in [1.165, 1.54) is 32.1 Å². The summed E-state index contributed by atoms with van der Waals surface area (Å²) in [5.41, 5.74) is 0. The Bertz CT molecular complexity index is 831. The molecule has 1 atom stereocenters. The van der Waals surface area contributed by atoms with Gasteiger partial charge in [0.15, 0.2) is 23.6 Å². The summed E-state index contributed by atoms with van der Waals surface area (Å²) in [6.45, 7) is 4.71. The first-order valence-electron chi connectivity index (χ1n) is 11.1. The number of nitrogens with zero attached hydrogens (tertiary/aromatic N) is 4. The number of para-hydroxylation sites is 2. The lowest BCUT2D eigenvalue weighted by molar-refractivity contribution is 0.0971. The molecule has 1 aromatic carbocycles. The van der Waals surface area contributed by atoms with E-state index in [0.29, 0.717) is 19.2 Å². The number of rotatable bonds is 7. The van der Waals surface area contributed by atoms with Crippen molar-refractivity contribution in [1.82, 2.24) is 25.4 Å². The first kappa shape index (κ1) is 20.5. The normalized spacial score (nSPS) is 19.5. The van der Waals surface area contributed by atoms with Crippen LogP contribution in [0.1, 0.15) is 44.9 Å². The van der Waals surface area contributed by atoms with Crippen LogP contribution in [0.2, 0.25) is 0 Å². The zero-order valence-corrected chi connectivity index (χ0v) is 17.7. The number of aryl methyl sites for hydroxylation is 1. The van der Waals surface area contributed by atoms with Crippen LogP contribution in [0.4, 0.5) is 0 Å². The van der Waals surface area contributed by atoms with Gasteiger partial charge in [0.1, 0.15) is 18.8 Å². The third kappa shape index (κ3) is 5.43. The fourth-order valence-electron chi connectivity index (χ4n) is 3.97. The van der Waals surface area contributed by atoms with E-state index in [-0.39, 0.29) is 6.10 Å². The number of hydrogen-bond donors (Lipinski definition) is 2. The lowest BCUT2D eigenvalue weighted by atomic mass is 9.96. The minimum Gasteiger partial charge on any atom is -0.486 e. The van der Waals surface area contributed by atoms with Gasteiger partial charge in [0.25, 0.3) is 0 Å². The zero-order valence-electron chi connectivity index (χ0n) is 17.7. The highest BCUT2D eigenvalue weighted by atomic mass is 16.6. The van der Waals surface area contributed by atoms with E-state index < -0.39 is 0 Å². The van der Waals surface area contributed by atoms with Crippen LogP contribution in [0.3, 0.4) is 0 Å². The highest BCUT2D eigenvalue weighted by Crippen LogP contribution is 2.30. The lowest BCUT2D eigenvalue weighted by Gasteiger charge is -2.27. The van der Waals surface area contributed by atoms with Gasteiger partial charge in [-0.3, -0.25) is 0 Å². The minimum absolute atomic E-state index is 0.0885. The van der Waals surface area contributed by atoms with Gasteiger partial charge in [0, 0.05) is 25.6 Å². The fraction of sp³-hybridized carbons (Fsp3) is 0.591. The largest absolute Gasteiger partial charge is 0.486 e. The third-order valence-corrected chi connectivity index (χ3v) is 5.62. The number of fused-ring (bicyclic) bond motifs is 1. The van der Waals surface area contributed by atoms with Crippen LogP contribution in [0.15, 0.2) is 35.6 Å². The van der Waals surface area contributed by atoms with E-state index in [0.717, 1.165) is 42.8 Å². The van der Waals surface area contributed by atoms with E-state index in [4.69, 9.17) is 14.5 Å². The number of hydrogen-bond acceptors (Lipinski definition) is 5. The summed E-state index contributed by atoms with van der Waals surface area (Å²) in [5.74, 6) is 3.44. The third-order valence-electron chi connectivity index (χ3n) is 5.62. The molecular formula is C22H32N6O2. The molecule has 8 nitrogen and oxygen atoms in total. The number of nitrogens with one attached hydrogen (secondary N) is 2. The second-order valence-electron chi connectivity index (χ2n) is 7.89. The Morgan fingerprint density at radius 3 is 2.87 bits per heavy atom. The van der Waals surface area contributed by atoms with Crippen molar-refractivity contribution >= 4 is 5.96 Å². The summed E-state index contributed by atoms with van der Waals surface area (Å²) in [6, 6.07) is 8.27. The summed E-state index contributed by atoms with van der Waals surface area (Å²) in [5, 5.41) is 15.3. The van der Waals surface area contributed by atoms with E-state index in [1.54, 1.807) is 6.33 Å². The molecule has 8 heteroatoms. The van der Waals surface area contributed by atoms with Crippen molar-refractivity contribution in [2.75, 3.05) is 19.7 Å². The maximum atomic E-state index is 6.06. The number of aliphatic imine (C=N–C) groups is 1. The maximum absolute atomic E-state index is 6.06. The molecule has 2 aromatic rings. The van der Waals surface area contributed by atoms with Gasteiger partial charge >= 0.3 is 0 Å². The summed E-state index contributed by atoms with van der Waals surface area (Å²) in [6.07, 6.45) is 8.86. The van der Waals surface area contributed by atoms with Gasteiger partial charge in [0.2, 0.25) is 0 Å². The van der Waals surface area contributed by atoms with Gasteiger partial charge in [0.05, 0.1) is 6.54 Å². The van der Waals surface area contributed by atoms with Crippen molar-refractivity contribution in [2.45, 2.75) is 64.1 Å². The summed E-state index contributed by atoms with van der Waals surface area (Å²) in [7, 11) is 0. The van der Waals surface area contributed by atoms with Gasteiger partial charge in [-0.05, 0) is 25.0 Å². The SMILES string of the molecule is CCc1nncn1CCNC(=NCC1COc2ccccc2O1)NC1CCCCC1. The summed E-state index contributed by atoms with van der Waals surface area (Å²) in [4.78, 5) is 4.82. The molecule has 30 heavy (non-hydrogen) atoms. The molecule has 162 valence electrons. The first-order chi connectivity index (χ1) is 14.8. The molecule has 2 heterocycles. The van der Waals surface area contributed by atoms with Crippen molar-refractivity contribution in [1.29, 1.82) is 0 Å². The van der Waals surface area contributed by atoms with Gasteiger partial charge in [-0.1, -0.05) is 38.3 Å². The lowest BCUT2D eigenvalue weighted by Crippen LogP contribution is -2.46. The van der Waals surface area contributed by atoms with E-state index in [1.807, 2.05) is 24.3 Å². The molecule has 2 N–H and O–H groups in total. The average molecular weight is 413 g/mol. The van der Waals surface area contributed by atoms with Crippen LogP contribution >= 0.6 is 0 Å². The van der Waals surface area contributed by atoms with E-state index in [9.17, 15) is 0 Å². The molecular weight excluding hydrogens is 380 g/mol. The van der Waals surface area contributed by atoms with Crippen LogP contribution in [-0.4, -0.2) is 52.6 Å². The monoisotopic (exact) mass is 412 g/mol. The topological polar surface area (TPSA) is 85.6 Å². The molecule has 0 spiro atoms. The van der Waals surface area contributed by atoms with Crippen molar-refractivity contribution in [3.8, 4) is 11.5 Å². The standard InChI is InChI=1S/C22H32N6O2/c1-2-21-27-25-16-28(21)13-12-23-22(26-17-8-4-3-5-9-17)24-14-18-15-29-19-10-6-7-11-20(19)30-18/h6-7,10-11,16-18H,2-5,8-9,12-15H2,1H3,(H2,23,24,26). The Labute approximate surface area is 178 Å². The molecule has 0 amide bonds. The highest BCUT2D eigenvalue weighted by Gasteiger charge is 2.21. The molecule has 1 unspecified atom stereocenters. The van der Waals surface area contributed by atoms with Gasteiger partial charge in [-0.25, -0.2) is 4.99 Å². The maximum Gasteiger partial charge on any atom is 0.191 e. The van der Waals surface area contributed by atoms with Crippen LogP contribution < -0.4 is 20.1 Å². The predicted molar refractivity (Wildman–Crippen MR) is 116 cm³/mol. The first-order valence-corrected chi connectivity index (χ1v) is 11.1.